The highest BCUT2D eigenvalue weighted by molar-refractivity contribution is 6.08. The molecule has 1 aliphatic rings. The van der Waals surface area contributed by atoms with Crippen LogP contribution in [0.5, 0.6) is 5.75 Å². The number of halogens is 3. The first-order valence-corrected chi connectivity index (χ1v) is 11.5. The third-order valence-corrected chi connectivity index (χ3v) is 6.73. The monoisotopic (exact) mass is 508 g/mol. The Morgan fingerprint density at radius 1 is 1.23 bits per heavy atom. The number of carbonyl (C=O) groups is 1. The first-order chi connectivity index (χ1) is 16.3. The van der Waals surface area contributed by atoms with Gasteiger partial charge in [-0.3, -0.25) is 9.59 Å². The summed E-state index contributed by atoms with van der Waals surface area (Å²) in [7, 11) is 0. The van der Waals surface area contributed by atoms with Crippen LogP contribution in [0.3, 0.4) is 0 Å². The Morgan fingerprint density at radius 2 is 1.91 bits per heavy atom. The van der Waals surface area contributed by atoms with Gasteiger partial charge in [0.05, 0.1) is 17.7 Å². The third kappa shape index (κ3) is 5.51. The van der Waals surface area contributed by atoms with Crippen molar-refractivity contribution in [3.8, 4) is 5.75 Å². The first kappa shape index (κ1) is 26.7. The molecule has 3 heterocycles. The number of alkyl halides is 2. The molecule has 190 valence electrons. The zero-order valence-corrected chi connectivity index (χ0v) is 20.8. The molecule has 7 nitrogen and oxygen atoms in total. The van der Waals surface area contributed by atoms with E-state index in [9.17, 15) is 18.4 Å². The van der Waals surface area contributed by atoms with E-state index in [4.69, 9.17) is 0 Å². The highest BCUT2D eigenvalue weighted by Gasteiger charge is 2.27. The quantitative estimate of drug-likeness (QED) is 0.439. The number of nitrogens with zero attached hydrogens (tertiary/aromatic N) is 1. The van der Waals surface area contributed by atoms with Crippen molar-refractivity contribution >= 4 is 29.2 Å². The van der Waals surface area contributed by atoms with Gasteiger partial charge in [0.1, 0.15) is 5.75 Å². The van der Waals surface area contributed by atoms with E-state index in [0.717, 1.165) is 42.5 Å². The van der Waals surface area contributed by atoms with E-state index < -0.39 is 12.2 Å². The molecule has 1 amide bonds. The number of para-hydroxylation sites is 1. The van der Waals surface area contributed by atoms with Gasteiger partial charge in [-0.15, -0.1) is 12.4 Å². The summed E-state index contributed by atoms with van der Waals surface area (Å²) in [5.41, 5.74) is 2.11. The lowest BCUT2D eigenvalue weighted by Gasteiger charge is -2.30. The lowest BCUT2D eigenvalue weighted by atomic mass is 9.91. The summed E-state index contributed by atoms with van der Waals surface area (Å²) >= 11 is 0. The van der Waals surface area contributed by atoms with Gasteiger partial charge in [-0.25, -0.2) is 0 Å². The van der Waals surface area contributed by atoms with Gasteiger partial charge in [-0.1, -0.05) is 18.2 Å². The maximum absolute atomic E-state index is 13.3. The summed E-state index contributed by atoms with van der Waals surface area (Å²) in [5.74, 6) is -0.116. The molecule has 3 N–H and O–H groups in total. The predicted octanol–water partition coefficient (Wildman–Crippen LogP) is 4.46. The highest BCUT2D eigenvalue weighted by atomic mass is 35.5. The summed E-state index contributed by atoms with van der Waals surface area (Å²) in [6.45, 7) is 4.34. The summed E-state index contributed by atoms with van der Waals surface area (Å²) in [6, 6.07) is 9.29. The van der Waals surface area contributed by atoms with E-state index in [1.54, 1.807) is 6.92 Å². The largest absolute Gasteiger partial charge is 0.434 e. The Morgan fingerprint density at radius 3 is 2.60 bits per heavy atom. The Bertz CT molecular complexity index is 1250. The SMILES string of the molecule is Cc1cc(OC(F)F)c(CNC(=O)c2c(C)n(C(C)C3CCNCC3)c3ccccc23)c(=O)[nH]1.Cl. The van der Waals surface area contributed by atoms with E-state index in [2.05, 4.69) is 31.8 Å². The van der Waals surface area contributed by atoms with Crippen LogP contribution in [-0.2, 0) is 6.54 Å². The smallest absolute Gasteiger partial charge is 0.387 e. The van der Waals surface area contributed by atoms with E-state index in [0.29, 0.717) is 17.2 Å². The van der Waals surface area contributed by atoms with Gasteiger partial charge < -0.3 is 24.9 Å². The molecule has 0 radical (unpaired) electrons. The van der Waals surface area contributed by atoms with Crippen molar-refractivity contribution in [1.29, 1.82) is 0 Å². The zero-order chi connectivity index (χ0) is 24.4. The van der Waals surface area contributed by atoms with Crippen molar-refractivity contribution in [2.75, 3.05) is 13.1 Å². The van der Waals surface area contributed by atoms with Gasteiger partial charge in [0.2, 0.25) is 0 Å². The fourth-order valence-corrected chi connectivity index (χ4v) is 5.05. The van der Waals surface area contributed by atoms with Crippen LogP contribution >= 0.6 is 12.4 Å². The predicted molar refractivity (Wildman–Crippen MR) is 134 cm³/mol. The minimum Gasteiger partial charge on any atom is -0.434 e. The van der Waals surface area contributed by atoms with Gasteiger partial charge >= 0.3 is 6.61 Å². The number of hydrogen-bond donors (Lipinski definition) is 3. The topological polar surface area (TPSA) is 88.2 Å². The van der Waals surface area contributed by atoms with Crippen molar-refractivity contribution in [2.45, 2.75) is 52.8 Å². The van der Waals surface area contributed by atoms with Crippen molar-refractivity contribution in [1.82, 2.24) is 20.2 Å². The molecule has 0 bridgehead atoms. The molecule has 0 spiro atoms. The molecule has 1 fully saturated rings. The van der Waals surface area contributed by atoms with Crippen molar-refractivity contribution in [2.24, 2.45) is 5.92 Å². The summed E-state index contributed by atoms with van der Waals surface area (Å²) in [5, 5.41) is 6.96. The molecular weight excluding hydrogens is 478 g/mol. The zero-order valence-electron chi connectivity index (χ0n) is 20.0. The molecule has 1 aliphatic heterocycles. The number of amides is 1. The molecule has 1 aromatic carbocycles. The Hall–Kier alpha value is -2.91. The van der Waals surface area contributed by atoms with Crippen LogP contribution in [0.1, 0.15) is 53.1 Å². The van der Waals surface area contributed by atoms with Crippen LogP contribution < -0.4 is 20.9 Å². The molecular formula is C25H31ClF2N4O3. The normalized spacial score (nSPS) is 15.1. The molecule has 10 heteroatoms. The van der Waals surface area contributed by atoms with Gasteiger partial charge in [0.15, 0.2) is 0 Å². The molecule has 1 saturated heterocycles. The number of aryl methyl sites for hydroxylation is 1. The van der Waals surface area contributed by atoms with E-state index in [1.807, 2.05) is 31.2 Å². The second-order valence-electron chi connectivity index (χ2n) is 8.86. The van der Waals surface area contributed by atoms with Crippen LogP contribution in [-0.4, -0.2) is 35.2 Å². The number of piperidine rings is 1. The molecule has 1 unspecified atom stereocenters. The Kier molecular flexibility index (Phi) is 8.56. The number of ether oxygens (including phenoxy) is 1. The van der Waals surface area contributed by atoms with Crippen LogP contribution in [0.2, 0.25) is 0 Å². The number of nitrogens with one attached hydrogen (secondary N) is 3. The number of benzene rings is 1. The number of rotatable bonds is 7. The van der Waals surface area contributed by atoms with Gasteiger partial charge in [0, 0.05) is 34.4 Å². The molecule has 2 aromatic heterocycles. The number of H-pyrrole nitrogens is 1. The fourth-order valence-electron chi connectivity index (χ4n) is 5.05. The van der Waals surface area contributed by atoms with E-state index in [1.165, 1.54) is 6.07 Å². The van der Waals surface area contributed by atoms with Crippen LogP contribution in [0.15, 0.2) is 35.1 Å². The minimum absolute atomic E-state index is 0. The third-order valence-electron chi connectivity index (χ3n) is 6.73. The van der Waals surface area contributed by atoms with Gasteiger partial charge in [-0.2, -0.15) is 8.78 Å². The van der Waals surface area contributed by atoms with Crippen LogP contribution in [0.25, 0.3) is 10.9 Å². The average Bonchev–Trinajstić information content (AvgIpc) is 3.09. The van der Waals surface area contributed by atoms with Crippen LogP contribution in [0, 0.1) is 19.8 Å². The van der Waals surface area contributed by atoms with Crippen molar-refractivity contribution in [3.05, 3.63) is 63.2 Å². The average molecular weight is 509 g/mol. The fraction of sp³-hybridized carbons (Fsp3) is 0.440. The molecule has 4 rings (SSSR count). The number of hydrogen-bond acceptors (Lipinski definition) is 4. The Balaban J connectivity index is 0.00000342. The summed E-state index contributed by atoms with van der Waals surface area (Å²) in [6.07, 6.45) is 2.13. The maximum atomic E-state index is 13.3. The number of pyridine rings is 1. The van der Waals surface area contributed by atoms with Gasteiger partial charge in [-0.05, 0) is 58.7 Å². The first-order valence-electron chi connectivity index (χ1n) is 11.5. The molecule has 0 saturated carbocycles. The lowest BCUT2D eigenvalue weighted by Crippen LogP contribution is -2.32. The molecule has 35 heavy (non-hydrogen) atoms. The van der Waals surface area contributed by atoms with E-state index >= 15 is 0 Å². The summed E-state index contributed by atoms with van der Waals surface area (Å²) < 4.78 is 32.5. The lowest BCUT2D eigenvalue weighted by molar-refractivity contribution is -0.0506. The molecule has 1 atom stereocenters. The van der Waals surface area contributed by atoms with Crippen molar-refractivity contribution < 1.29 is 18.3 Å². The second kappa shape index (κ2) is 11.2. The summed E-state index contributed by atoms with van der Waals surface area (Å²) in [4.78, 5) is 28.3. The highest BCUT2D eigenvalue weighted by Crippen LogP contribution is 2.34. The number of carbonyl (C=O) groups excluding carboxylic acids is 1. The second-order valence-corrected chi connectivity index (χ2v) is 8.86. The maximum Gasteiger partial charge on any atom is 0.387 e. The van der Waals surface area contributed by atoms with E-state index in [-0.39, 0.29) is 42.2 Å². The van der Waals surface area contributed by atoms with Crippen LogP contribution in [0.4, 0.5) is 8.78 Å². The minimum atomic E-state index is -3.08. The number of aromatic amines is 1. The number of aromatic nitrogens is 2. The van der Waals surface area contributed by atoms with Gasteiger partial charge in [0.25, 0.3) is 11.5 Å². The molecule has 0 aliphatic carbocycles. The standard InChI is InChI=1S/C25H30F2N4O3.ClH/c1-14-12-21(34-25(26)27)19(23(32)30-14)13-29-24(33)22-16(3)31(20-7-5-4-6-18(20)22)15(2)17-8-10-28-11-9-17;/h4-7,12,15,17,25,28H,8-11,13H2,1-3H3,(H,29,33)(H,30,32);1H. The Labute approximate surface area is 208 Å². The van der Waals surface area contributed by atoms with Crippen molar-refractivity contribution in [3.63, 3.8) is 0 Å². The molecule has 3 aromatic rings. The number of fused-ring (bicyclic) bond motifs is 1.